The third-order valence-corrected chi connectivity index (χ3v) is 3.73. The zero-order valence-electron chi connectivity index (χ0n) is 12.1. The van der Waals surface area contributed by atoms with Crippen LogP contribution in [0.5, 0.6) is 0 Å². The van der Waals surface area contributed by atoms with E-state index in [4.69, 9.17) is 0 Å². The van der Waals surface area contributed by atoms with Crippen LogP contribution in [0.15, 0.2) is 23.3 Å². The van der Waals surface area contributed by atoms with Crippen LogP contribution in [-0.4, -0.2) is 0 Å². The summed E-state index contributed by atoms with van der Waals surface area (Å²) in [6.07, 6.45) is 9.83. The fourth-order valence-electron chi connectivity index (χ4n) is 2.05. The summed E-state index contributed by atoms with van der Waals surface area (Å²) in [5.41, 5.74) is 3.07. The summed E-state index contributed by atoms with van der Waals surface area (Å²) >= 11 is 0. The molecule has 0 saturated heterocycles. The Hall–Kier alpha value is -0.520. The topological polar surface area (TPSA) is 0 Å². The highest BCUT2D eigenvalue weighted by Gasteiger charge is 2.06. The highest BCUT2D eigenvalue weighted by molar-refractivity contribution is 5.00. The largest absolute Gasteiger partial charge is 0.0887 e. The average Bonchev–Trinajstić information content (AvgIpc) is 2.27. The molecule has 2 atom stereocenters. The van der Waals surface area contributed by atoms with E-state index < -0.39 is 0 Å². The molecule has 0 heterocycles. The molecule has 0 N–H and O–H groups in total. The van der Waals surface area contributed by atoms with Crippen LogP contribution < -0.4 is 0 Å². The van der Waals surface area contributed by atoms with E-state index in [1.165, 1.54) is 36.8 Å². The first-order valence-corrected chi connectivity index (χ1v) is 6.75. The predicted octanol–water partition coefficient (Wildman–Crippen LogP) is 5.75. The molecule has 0 spiro atoms. The van der Waals surface area contributed by atoms with Gasteiger partial charge in [-0.25, -0.2) is 0 Å². The van der Waals surface area contributed by atoms with Crippen molar-refractivity contribution in [3.63, 3.8) is 0 Å². The number of allylic oxidation sites excluding steroid dienone is 4. The lowest BCUT2D eigenvalue weighted by atomic mass is 9.91. The molecule has 0 amide bonds. The monoisotopic (exact) mass is 222 g/mol. The van der Waals surface area contributed by atoms with Crippen molar-refractivity contribution < 1.29 is 0 Å². The maximum Gasteiger partial charge on any atom is -0.0235 e. The average molecular weight is 222 g/mol. The molecule has 0 aliphatic rings. The Morgan fingerprint density at radius 1 is 1.00 bits per heavy atom. The van der Waals surface area contributed by atoms with Gasteiger partial charge in [0.2, 0.25) is 0 Å². The van der Waals surface area contributed by atoms with Crippen molar-refractivity contribution in [1.29, 1.82) is 0 Å². The molecule has 0 rings (SSSR count). The minimum atomic E-state index is 0.764. The van der Waals surface area contributed by atoms with Gasteiger partial charge in [-0.1, -0.05) is 50.0 Å². The van der Waals surface area contributed by atoms with Crippen molar-refractivity contribution in [3.05, 3.63) is 23.3 Å². The van der Waals surface area contributed by atoms with Gasteiger partial charge in [0, 0.05) is 0 Å². The van der Waals surface area contributed by atoms with E-state index in [9.17, 15) is 0 Å². The Morgan fingerprint density at radius 3 is 2.12 bits per heavy atom. The lowest BCUT2D eigenvalue weighted by molar-refractivity contribution is 0.463. The molecule has 0 fully saturated rings. The van der Waals surface area contributed by atoms with Crippen molar-refractivity contribution in [2.45, 2.75) is 67.2 Å². The SMILES string of the molecule is CC=C(C)CC(C)CCCC(C)C(C)=CC. The third kappa shape index (κ3) is 6.87. The van der Waals surface area contributed by atoms with E-state index in [-0.39, 0.29) is 0 Å². The molecule has 16 heavy (non-hydrogen) atoms. The first-order chi connectivity index (χ1) is 7.51. The number of hydrogen-bond acceptors (Lipinski definition) is 0. The summed E-state index contributed by atoms with van der Waals surface area (Å²) in [5, 5.41) is 0. The van der Waals surface area contributed by atoms with Crippen LogP contribution in [0, 0.1) is 11.8 Å². The van der Waals surface area contributed by atoms with Crippen LogP contribution in [0.2, 0.25) is 0 Å². The van der Waals surface area contributed by atoms with Crippen molar-refractivity contribution in [2.75, 3.05) is 0 Å². The Kier molecular flexibility index (Phi) is 8.33. The van der Waals surface area contributed by atoms with Gasteiger partial charge in [-0.2, -0.15) is 0 Å². The molecule has 0 radical (unpaired) electrons. The molecule has 0 saturated carbocycles. The molecule has 0 aromatic rings. The minimum Gasteiger partial charge on any atom is -0.0887 e. The summed E-state index contributed by atoms with van der Waals surface area (Å²) < 4.78 is 0. The van der Waals surface area contributed by atoms with Crippen molar-refractivity contribution >= 4 is 0 Å². The second-order valence-electron chi connectivity index (χ2n) is 5.31. The maximum absolute atomic E-state index is 2.38. The van der Waals surface area contributed by atoms with E-state index in [1.807, 2.05) is 0 Å². The normalized spacial score (nSPS) is 17.4. The first kappa shape index (κ1) is 15.5. The van der Waals surface area contributed by atoms with Gasteiger partial charge in [0.15, 0.2) is 0 Å². The minimum absolute atomic E-state index is 0.764. The van der Waals surface area contributed by atoms with Gasteiger partial charge in [-0.15, -0.1) is 0 Å². The highest BCUT2D eigenvalue weighted by atomic mass is 14.1. The Balaban J connectivity index is 3.74. The van der Waals surface area contributed by atoms with Gasteiger partial charge in [-0.3, -0.25) is 0 Å². The van der Waals surface area contributed by atoms with E-state index in [2.05, 4.69) is 53.7 Å². The van der Waals surface area contributed by atoms with E-state index >= 15 is 0 Å². The smallest absolute Gasteiger partial charge is 0.0235 e. The summed E-state index contributed by atoms with van der Waals surface area (Å²) in [4.78, 5) is 0. The van der Waals surface area contributed by atoms with Gasteiger partial charge in [-0.05, 0) is 52.4 Å². The van der Waals surface area contributed by atoms with Crippen molar-refractivity contribution in [2.24, 2.45) is 11.8 Å². The predicted molar refractivity (Wildman–Crippen MR) is 75.7 cm³/mol. The zero-order valence-corrected chi connectivity index (χ0v) is 12.1. The lowest BCUT2D eigenvalue weighted by Gasteiger charge is -2.15. The molecular weight excluding hydrogens is 192 g/mol. The third-order valence-electron chi connectivity index (χ3n) is 3.73. The van der Waals surface area contributed by atoms with Crippen molar-refractivity contribution in [1.82, 2.24) is 0 Å². The Morgan fingerprint density at radius 2 is 1.62 bits per heavy atom. The van der Waals surface area contributed by atoms with Gasteiger partial charge < -0.3 is 0 Å². The highest BCUT2D eigenvalue weighted by Crippen LogP contribution is 2.21. The summed E-state index contributed by atoms with van der Waals surface area (Å²) in [6, 6.07) is 0. The first-order valence-electron chi connectivity index (χ1n) is 6.75. The van der Waals surface area contributed by atoms with Crippen LogP contribution in [-0.2, 0) is 0 Å². The molecule has 0 aromatic heterocycles. The summed E-state index contributed by atoms with van der Waals surface area (Å²) in [7, 11) is 0. The van der Waals surface area contributed by atoms with Gasteiger partial charge in [0.25, 0.3) is 0 Å². The van der Waals surface area contributed by atoms with Crippen LogP contribution in [0.25, 0.3) is 0 Å². The maximum atomic E-state index is 2.38. The Labute approximate surface area is 103 Å². The van der Waals surface area contributed by atoms with Gasteiger partial charge in [0.1, 0.15) is 0 Å². The molecule has 0 nitrogen and oxygen atoms in total. The quantitative estimate of drug-likeness (QED) is 0.481. The molecule has 94 valence electrons. The molecule has 0 bridgehead atoms. The van der Waals surface area contributed by atoms with Crippen LogP contribution in [0.1, 0.15) is 67.2 Å². The molecule has 0 aromatic carbocycles. The van der Waals surface area contributed by atoms with Crippen LogP contribution in [0.4, 0.5) is 0 Å². The molecule has 0 heteroatoms. The van der Waals surface area contributed by atoms with Crippen LogP contribution in [0.3, 0.4) is 0 Å². The molecule has 2 unspecified atom stereocenters. The number of rotatable bonds is 7. The van der Waals surface area contributed by atoms with E-state index in [1.54, 1.807) is 0 Å². The van der Waals surface area contributed by atoms with E-state index in [0.29, 0.717) is 0 Å². The lowest BCUT2D eigenvalue weighted by Crippen LogP contribution is -2.00. The summed E-state index contributed by atoms with van der Waals surface area (Å²) in [6.45, 7) is 13.5. The molecule has 0 aliphatic heterocycles. The Bertz CT molecular complexity index is 232. The molecule has 0 aliphatic carbocycles. The van der Waals surface area contributed by atoms with E-state index in [0.717, 1.165) is 11.8 Å². The fourth-order valence-corrected chi connectivity index (χ4v) is 2.05. The fraction of sp³-hybridized carbons (Fsp3) is 0.750. The second kappa shape index (κ2) is 8.61. The summed E-state index contributed by atoms with van der Waals surface area (Å²) in [5.74, 6) is 1.61. The zero-order chi connectivity index (χ0) is 12.6. The van der Waals surface area contributed by atoms with Gasteiger partial charge >= 0.3 is 0 Å². The van der Waals surface area contributed by atoms with Gasteiger partial charge in [0.05, 0.1) is 0 Å². The van der Waals surface area contributed by atoms with Crippen LogP contribution >= 0.6 is 0 Å². The number of hydrogen-bond donors (Lipinski definition) is 0. The van der Waals surface area contributed by atoms with Crippen molar-refractivity contribution in [3.8, 4) is 0 Å². The second-order valence-corrected chi connectivity index (χ2v) is 5.31. The molecular formula is C16H30. The standard InChI is InChI=1S/C16H30/c1-7-13(3)12-14(4)10-9-11-16(6)15(5)8-2/h7-8,14,16H,9-12H2,1-6H3.